The lowest BCUT2D eigenvalue weighted by molar-refractivity contribution is -0.133. The second kappa shape index (κ2) is 6.57. The van der Waals surface area contributed by atoms with Crippen LogP contribution in [0.15, 0.2) is 18.2 Å². The predicted molar refractivity (Wildman–Crippen MR) is 93.6 cm³/mol. The van der Waals surface area contributed by atoms with Crippen LogP contribution in [0, 0.1) is 12.8 Å². The zero-order valence-corrected chi connectivity index (χ0v) is 14.6. The summed E-state index contributed by atoms with van der Waals surface area (Å²) >= 11 is 8.04. The monoisotopic (exact) mass is 336 g/mol. The Labute approximate surface area is 140 Å². The number of amides is 1. The van der Waals surface area contributed by atoms with Gasteiger partial charge in [0, 0.05) is 31.4 Å². The van der Waals surface area contributed by atoms with E-state index >= 15 is 0 Å². The highest BCUT2D eigenvalue weighted by atomic mass is 35.5. The van der Waals surface area contributed by atoms with E-state index in [1.165, 1.54) is 20.5 Å². The molecule has 1 aliphatic heterocycles. The SMILES string of the molecule is Cc1c(CNCC2CCN(C)C(=O)C2)sc2c(Cl)cccc12. The molecular weight excluding hydrogens is 316 g/mol. The van der Waals surface area contributed by atoms with Gasteiger partial charge >= 0.3 is 0 Å². The minimum absolute atomic E-state index is 0.267. The zero-order chi connectivity index (χ0) is 15.7. The largest absolute Gasteiger partial charge is 0.346 e. The molecule has 2 heterocycles. The molecule has 1 unspecified atom stereocenters. The highest BCUT2D eigenvalue weighted by Crippen LogP contribution is 2.35. The molecule has 1 atom stereocenters. The van der Waals surface area contributed by atoms with Gasteiger partial charge in [0.05, 0.1) is 9.72 Å². The molecule has 118 valence electrons. The molecular formula is C17H21ClN2OS. The van der Waals surface area contributed by atoms with Gasteiger partial charge in [-0.05, 0) is 42.8 Å². The van der Waals surface area contributed by atoms with Gasteiger partial charge < -0.3 is 10.2 Å². The fourth-order valence-electron chi connectivity index (χ4n) is 3.00. The van der Waals surface area contributed by atoms with Crippen molar-refractivity contribution in [2.75, 3.05) is 20.1 Å². The number of likely N-dealkylation sites (tertiary alicyclic amines) is 1. The molecule has 0 spiro atoms. The molecule has 0 radical (unpaired) electrons. The number of nitrogens with zero attached hydrogens (tertiary/aromatic N) is 1. The van der Waals surface area contributed by atoms with E-state index in [0.717, 1.165) is 31.1 Å². The van der Waals surface area contributed by atoms with E-state index < -0.39 is 0 Å². The Hall–Kier alpha value is -1.10. The molecule has 2 aromatic rings. The number of halogens is 1. The summed E-state index contributed by atoms with van der Waals surface area (Å²) in [7, 11) is 1.89. The lowest BCUT2D eigenvalue weighted by Crippen LogP contribution is -2.38. The Balaban J connectivity index is 1.61. The second-order valence-electron chi connectivity index (χ2n) is 6.07. The van der Waals surface area contributed by atoms with Gasteiger partial charge in [0.1, 0.15) is 0 Å². The summed E-state index contributed by atoms with van der Waals surface area (Å²) < 4.78 is 1.17. The number of fused-ring (bicyclic) bond motifs is 1. The van der Waals surface area contributed by atoms with E-state index in [9.17, 15) is 4.79 Å². The summed E-state index contributed by atoms with van der Waals surface area (Å²) in [6.45, 7) is 4.79. The summed E-state index contributed by atoms with van der Waals surface area (Å²) in [5, 5.41) is 5.61. The van der Waals surface area contributed by atoms with Crippen LogP contribution in [-0.4, -0.2) is 30.9 Å². The van der Waals surface area contributed by atoms with Crippen LogP contribution in [0.3, 0.4) is 0 Å². The molecule has 0 aliphatic carbocycles. The summed E-state index contributed by atoms with van der Waals surface area (Å²) in [5.74, 6) is 0.727. The fraction of sp³-hybridized carbons (Fsp3) is 0.471. The smallest absolute Gasteiger partial charge is 0.222 e. The van der Waals surface area contributed by atoms with Crippen molar-refractivity contribution in [2.45, 2.75) is 26.3 Å². The third-order valence-electron chi connectivity index (χ3n) is 4.49. The first-order chi connectivity index (χ1) is 10.6. The number of thiophene rings is 1. The van der Waals surface area contributed by atoms with E-state index in [1.807, 2.05) is 24.1 Å². The maximum Gasteiger partial charge on any atom is 0.222 e. The average Bonchev–Trinajstić information content (AvgIpc) is 2.82. The Morgan fingerprint density at radius 2 is 2.27 bits per heavy atom. The molecule has 1 aromatic carbocycles. The van der Waals surface area contributed by atoms with Crippen molar-refractivity contribution in [3.05, 3.63) is 33.7 Å². The van der Waals surface area contributed by atoms with Crippen LogP contribution in [0.1, 0.15) is 23.3 Å². The number of hydrogen-bond acceptors (Lipinski definition) is 3. The Kier molecular flexibility index (Phi) is 4.71. The standard InChI is InChI=1S/C17H21ClN2OS/c1-11-13-4-3-5-14(18)17(13)22-15(11)10-19-9-12-6-7-20(2)16(21)8-12/h3-5,12,19H,6-10H2,1-2H3. The first-order valence-corrected chi connectivity index (χ1v) is 8.87. The maximum absolute atomic E-state index is 11.7. The Bertz CT molecular complexity index is 697. The normalized spacial score (nSPS) is 19.1. The van der Waals surface area contributed by atoms with E-state index in [1.54, 1.807) is 11.3 Å². The van der Waals surface area contributed by atoms with Gasteiger partial charge in [0.15, 0.2) is 0 Å². The van der Waals surface area contributed by atoms with Gasteiger partial charge in [-0.15, -0.1) is 11.3 Å². The third-order valence-corrected chi connectivity index (χ3v) is 6.26. The first kappa shape index (κ1) is 15.8. The van der Waals surface area contributed by atoms with Crippen LogP contribution in [0.5, 0.6) is 0 Å². The van der Waals surface area contributed by atoms with Crippen molar-refractivity contribution in [3.63, 3.8) is 0 Å². The van der Waals surface area contributed by atoms with E-state index in [0.29, 0.717) is 12.3 Å². The number of rotatable bonds is 4. The Morgan fingerprint density at radius 3 is 3.00 bits per heavy atom. The van der Waals surface area contributed by atoms with Crippen LogP contribution in [0.2, 0.25) is 5.02 Å². The second-order valence-corrected chi connectivity index (χ2v) is 7.58. The molecule has 1 amide bonds. The van der Waals surface area contributed by atoms with Gasteiger partial charge in [-0.2, -0.15) is 0 Å². The van der Waals surface area contributed by atoms with Crippen molar-refractivity contribution >= 4 is 38.9 Å². The summed E-state index contributed by atoms with van der Waals surface area (Å²) in [6.07, 6.45) is 1.76. The molecule has 0 bridgehead atoms. The van der Waals surface area contributed by atoms with Crippen molar-refractivity contribution in [1.29, 1.82) is 0 Å². The van der Waals surface area contributed by atoms with Crippen LogP contribution >= 0.6 is 22.9 Å². The summed E-state index contributed by atoms with van der Waals surface area (Å²) in [6, 6.07) is 6.08. The number of carbonyl (C=O) groups is 1. The summed E-state index contributed by atoms with van der Waals surface area (Å²) in [5.41, 5.74) is 1.31. The predicted octanol–water partition coefficient (Wildman–Crippen LogP) is 3.82. The molecule has 1 aliphatic rings. The highest BCUT2D eigenvalue weighted by Gasteiger charge is 2.22. The molecule has 1 saturated heterocycles. The number of hydrogen-bond donors (Lipinski definition) is 1. The average molecular weight is 337 g/mol. The number of carbonyl (C=O) groups excluding carboxylic acids is 1. The topological polar surface area (TPSA) is 32.3 Å². The van der Waals surface area contributed by atoms with Gasteiger partial charge in [-0.1, -0.05) is 23.7 Å². The van der Waals surface area contributed by atoms with E-state index in [2.05, 4.69) is 18.3 Å². The van der Waals surface area contributed by atoms with Crippen LogP contribution in [0.25, 0.3) is 10.1 Å². The summed E-state index contributed by atoms with van der Waals surface area (Å²) in [4.78, 5) is 14.9. The number of nitrogens with one attached hydrogen (secondary N) is 1. The lowest BCUT2D eigenvalue weighted by atomic mass is 9.96. The molecule has 3 rings (SSSR count). The number of piperidine rings is 1. The molecule has 1 N–H and O–H groups in total. The molecule has 1 aromatic heterocycles. The highest BCUT2D eigenvalue weighted by molar-refractivity contribution is 7.20. The van der Waals surface area contributed by atoms with E-state index in [-0.39, 0.29) is 5.91 Å². The van der Waals surface area contributed by atoms with Gasteiger partial charge in [0.2, 0.25) is 5.91 Å². The van der Waals surface area contributed by atoms with Gasteiger partial charge in [0.25, 0.3) is 0 Å². The number of aryl methyl sites for hydroxylation is 1. The van der Waals surface area contributed by atoms with Gasteiger partial charge in [-0.3, -0.25) is 4.79 Å². The molecule has 1 fully saturated rings. The Morgan fingerprint density at radius 1 is 1.45 bits per heavy atom. The van der Waals surface area contributed by atoms with Gasteiger partial charge in [-0.25, -0.2) is 0 Å². The van der Waals surface area contributed by atoms with Crippen molar-refractivity contribution in [1.82, 2.24) is 10.2 Å². The molecule has 0 saturated carbocycles. The van der Waals surface area contributed by atoms with Crippen molar-refractivity contribution < 1.29 is 4.79 Å². The number of benzene rings is 1. The maximum atomic E-state index is 11.7. The first-order valence-electron chi connectivity index (χ1n) is 7.67. The van der Waals surface area contributed by atoms with E-state index in [4.69, 9.17) is 11.6 Å². The quantitative estimate of drug-likeness (QED) is 0.920. The van der Waals surface area contributed by atoms with Crippen LogP contribution in [-0.2, 0) is 11.3 Å². The van der Waals surface area contributed by atoms with Crippen molar-refractivity contribution in [3.8, 4) is 0 Å². The molecule has 5 heteroatoms. The van der Waals surface area contributed by atoms with Crippen LogP contribution in [0.4, 0.5) is 0 Å². The lowest BCUT2D eigenvalue weighted by Gasteiger charge is -2.28. The fourth-order valence-corrected chi connectivity index (χ4v) is 4.47. The minimum atomic E-state index is 0.267. The zero-order valence-electron chi connectivity index (χ0n) is 13.0. The van der Waals surface area contributed by atoms with Crippen LogP contribution < -0.4 is 5.32 Å². The molecule has 3 nitrogen and oxygen atoms in total. The van der Waals surface area contributed by atoms with Crippen molar-refractivity contribution in [2.24, 2.45) is 5.92 Å². The minimum Gasteiger partial charge on any atom is -0.346 e. The molecule has 22 heavy (non-hydrogen) atoms. The third kappa shape index (κ3) is 3.14.